The predicted molar refractivity (Wildman–Crippen MR) is 106 cm³/mol. The molecule has 3 aromatic rings. The van der Waals surface area contributed by atoms with Crippen LogP contribution in [-0.4, -0.2) is 33.7 Å². The molecular formula is C22H23N3O2. The fraction of sp³-hybridized carbons (Fsp3) is 0.318. The molecule has 2 aromatic carbocycles. The van der Waals surface area contributed by atoms with Crippen molar-refractivity contribution in [3.8, 4) is 5.69 Å². The van der Waals surface area contributed by atoms with Crippen LogP contribution in [0.1, 0.15) is 36.7 Å². The van der Waals surface area contributed by atoms with Crippen molar-refractivity contribution < 1.29 is 4.79 Å². The van der Waals surface area contributed by atoms with Crippen molar-refractivity contribution in [2.45, 2.75) is 26.2 Å². The van der Waals surface area contributed by atoms with E-state index in [1.807, 2.05) is 53.4 Å². The summed E-state index contributed by atoms with van der Waals surface area (Å²) in [5.41, 5.74) is 0.802. The Morgan fingerprint density at radius 1 is 1.07 bits per heavy atom. The molecule has 5 heteroatoms. The van der Waals surface area contributed by atoms with E-state index < -0.39 is 0 Å². The average molecular weight is 361 g/mol. The number of para-hydroxylation sites is 1. The van der Waals surface area contributed by atoms with Crippen molar-refractivity contribution in [3.05, 3.63) is 70.6 Å². The number of benzene rings is 2. The van der Waals surface area contributed by atoms with Gasteiger partial charge in [0.05, 0.1) is 11.1 Å². The highest BCUT2D eigenvalue weighted by molar-refractivity contribution is 6.04. The van der Waals surface area contributed by atoms with Crippen LogP contribution in [0.4, 0.5) is 0 Å². The third-order valence-corrected chi connectivity index (χ3v) is 5.39. The Kier molecular flexibility index (Phi) is 4.75. The van der Waals surface area contributed by atoms with Crippen LogP contribution < -0.4 is 5.56 Å². The lowest BCUT2D eigenvalue weighted by Crippen LogP contribution is -2.41. The van der Waals surface area contributed by atoms with E-state index in [4.69, 9.17) is 0 Å². The van der Waals surface area contributed by atoms with Crippen molar-refractivity contribution in [3.63, 3.8) is 0 Å². The van der Waals surface area contributed by atoms with Crippen molar-refractivity contribution in [1.29, 1.82) is 0 Å². The normalized spacial score (nSPS) is 17.2. The first-order valence-corrected chi connectivity index (χ1v) is 9.56. The van der Waals surface area contributed by atoms with Crippen molar-refractivity contribution in [2.75, 3.05) is 13.1 Å². The van der Waals surface area contributed by atoms with Crippen LogP contribution in [0, 0.1) is 5.92 Å². The van der Waals surface area contributed by atoms with Gasteiger partial charge in [-0.05, 0) is 37.0 Å². The Hall–Kier alpha value is -2.95. The summed E-state index contributed by atoms with van der Waals surface area (Å²) in [5.74, 6) is 0.447. The minimum absolute atomic E-state index is 0.0889. The highest BCUT2D eigenvalue weighted by Gasteiger charge is 2.27. The van der Waals surface area contributed by atoms with E-state index in [1.165, 1.54) is 4.68 Å². The molecule has 1 fully saturated rings. The van der Waals surface area contributed by atoms with E-state index in [0.29, 0.717) is 28.1 Å². The second kappa shape index (κ2) is 7.35. The molecule has 0 bridgehead atoms. The highest BCUT2D eigenvalue weighted by Crippen LogP contribution is 2.23. The monoisotopic (exact) mass is 361 g/mol. The molecule has 0 radical (unpaired) electrons. The number of hydrogen-bond donors (Lipinski definition) is 0. The Morgan fingerprint density at radius 3 is 2.52 bits per heavy atom. The molecule has 1 aromatic heterocycles. The number of carbonyl (C=O) groups excluding carboxylic acids is 1. The maximum absolute atomic E-state index is 13.3. The molecule has 1 unspecified atom stereocenters. The third-order valence-electron chi connectivity index (χ3n) is 5.39. The van der Waals surface area contributed by atoms with Crippen LogP contribution in [0.3, 0.4) is 0 Å². The van der Waals surface area contributed by atoms with Crippen molar-refractivity contribution in [1.82, 2.24) is 14.7 Å². The minimum atomic E-state index is -0.210. The maximum atomic E-state index is 13.3. The number of fused-ring (bicyclic) bond motifs is 1. The molecule has 2 heterocycles. The quantitative estimate of drug-likeness (QED) is 0.715. The molecule has 1 aliphatic rings. The van der Waals surface area contributed by atoms with Gasteiger partial charge < -0.3 is 4.90 Å². The van der Waals surface area contributed by atoms with Crippen LogP contribution in [0.5, 0.6) is 0 Å². The van der Waals surface area contributed by atoms with Crippen molar-refractivity contribution in [2.24, 2.45) is 5.92 Å². The number of piperidine rings is 1. The van der Waals surface area contributed by atoms with Crippen LogP contribution in [0.2, 0.25) is 0 Å². The Labute approximate surface area is 158 Å². The molecule has 1 aliphatic heterocycles. The Morgan fingerprint density at radius 2 is 1.78 bits per heavy atom. The van der Waals surface area contributed by atoms with Crippen LogP contribution >= 0.6 is 0 Å². The summed E-state index contributed by atoms with van der Waals surface area (Å²) in [6.07, 6.45) is 3.25. The summed E-state index contributed by atoms with van der Waals surface area (Å²) in [6, 6.07) is 16.5. The van der Waals surface area contributed by atoms with E-state index >= 15 is 0 Å². The zero-order valence-corrected chi connectivity index (χ0v) is 15.5. The molecule has 5 nitrogen and oxygen atoms in total. The molecule has 0 saturated carbocycles. The number of rotatable bonds is 3. The van der Waals surface area contributed by atoms with Gasteiger partial charge in [-0.15, -0.1) is 0 Å². The third kappa shape index (κ3) is 3.25. The van der Waals surface area contributed by atoms with Crippen LogP contribution in [0.25, 0.3) is 16.5 Å². The lowest BCUT2D eigenvalue weighted by atomic mass is 9.95. The first kappa shape index (κ1) is 17.5. The van der Waals surface area contributed by atoms with E-state index in [9.17, 15) is 9.59 Å². The standard InChI is InChI=1S/C22H23N3O2/c1-2-16-9-8-14-24(15-16)22(27)20-18-12-6-7-13-19(18)21(26)25(23-20)17-10-4-3-5-11-17/h3-7,10-13,16H,2,8-9,14-15H2,1H3. The minimum Gasteiger partial charge on any atom is -0.337 e. The maximum Gasteiger partial charge on any atom is 0.279 e. The number of aromatic nitrogens is 2. The summed E-state index contributed by atoms with van der Waals surface area (Å²) in [4.78, 5) is 28.2. The van der Waals surface area contributed by atoms with E-state index in [1.54, 1.807) is 6.07 Å². The van der Waals surface area contributed by atoms with E-state index in [2.05, 4.69) is 12.0 Å². The molecule has 1 amide bonds. The van der Waals surface area contributed by atoms with Crippen LogP contribution in [0.15, 0.2) is 59.4 Å². The largest absolute Gasteiger partial charge is 0.337 e. The van der Waals surface area contributed by atoms with Crippen LogP contribution in [-0.2, 0) is 0 Å². The van der Waals surface area contributed by atoms with Gasteiger partial charge in [-0.3, -0.25) is 9.59 Å². The smallest absolute Gasteiger partial charge is 0.279 e. The summed E-state index contributed by atoms with van der Waals surface area (Å²) in [7, 11) is 0. The molecule has 0 aliphatic carbocycles. The lowest BCUT2D eigenvalue weighted by Gasteiger charge is -2.32. The molecule has 138 valence electrons. The SMILES string of the molecule is CCC1CCCN(C(=O)c2nn(-c3ccccc3)c(=O)c3ccccc23)C1. The first-order valence-electron chi connectivity index (χ1n) is 9.56. The van der Waals surface area contributed by atoms with E-state index in [0.717, 1.165) is 32.4 Å². The summed E-state index contributed by atoms with van der Waals surface area (Å²) >= 11 is 0. The summed E-state index contributed by atoms with van der Waals surface area (Å²) in [6.45, 7) is 3.67. The molecule has 1 atom stereocenters. The van der Waals surface area contributed by atoms with Gasteiger partial charge in [-0.25, -0.2) is 0 Å². The lowest BCUT2D eigenvalue weighted by molar-refractivity contribution is 0.0665. The van der Waals surface area contributed by atoms with Gasteiger partial charge in [0.15, 0.2) is 5.69 Å². The zero-order chi connectivity index (χ0) is 18.8. The van der Waals surface area contributed by atoms with E-state index in [-0.39, 0.29) is 11.5 Å². The first-order chi connectivity index (χ1) is 13.2. The average Bonchev–Trinajstić information content (AvgIpc) is 2.74. The zero-order valence-electron chi connectivity index (χ0n) is 15.5. The number of nitrogens with zero attached hydrogens (tertiary/aromatic N) is 3. The van der Waals surface area contributed by atoms with Crippen molar-refractivity contribution >= 4 is 16.7 Å². The molecule has 4 rings (SSSR count). The summed E-state index contributed by atoms with van der Waals surface area (Å²) in [5, 5.41) is 5.65. The second-order valence-electron chi connectivity index (χ2n) is 7.11. The number of carbonyl (C=O) groups is 1. The van der Waals surface area contributed by atoms with Gasteiger partial charge in [-0.1, -0.05) is 49.7 Å². The summed E-state index contributed by atoms with van der Waals surface area (Å²) < 4.78 is 1.34. The highest BCUT2D eigenvalue weighted by atomic mass is 16.2. The molecule has 27 heavy (non-hydrogen) atoms. The molecular weight excluding hydrogens is 338 g/mol. The second-order valence-corrected chi connectivity index (χ2v) is 7.11. The molecule has 0 spiro atoms. The topological polar surface area (TPSA) is 55.2 Å². The predicted octanol–water partition coefficient (Wildman–Crippen LogP) is 3.65. The fourth-order valence-electron chi connectivity index (χ4n) is 3.82. The fourth-order valence-corrected chi connectivity index (χ4v) is 3.82. The van der Waals surface area contributed by atoms with Gasteiger partial charge in [-0.2, -0.15) is 9.78 Å². The number of amides is 1. The molecule has 1 saturated heterocycles. The van der Waals surface area contributed by atoms with Gasteiger partial charge in [0.25, 0.3) is 11.5 Å². The van der Waals surface area contributed by atoms with Gasteiger partial charge in [0, 0.05) is 18.5 Å². The Bertz CT molecular complexity index is 1030. The van der Waals surface area contributed by atoms with Gasteiger partial charge in [0.2, 0.25) is 0 Å². The molecule has 0 N–H and O–H groups in total. The van der Waals surface area contributed by atoms with Gasteiger partial charge >= 0.3 is 0 Å². The van der Waals surface area contributed by atoms with Gasteiger partial charge in [0.1, 0.15) is 0 Å². The number of likely N-dealkylation sites (tertiary alicyclic amines) is 1. The number of hydrogen-bond acceptors (Lipinski definition) is 3. The Balaban J connectivity index is 1.86.